The minimum absolute atomic E-state index is 0.0707. The maximum absolute atomic E-state index is 14.2. The highest BCUT2D eigenvalue weighted by atomic mass is 32.2. The molecule has 1 saturated heterocycles. The number of amides is 1. The number of aliphatic hydroxyl groups excluding tert-OH is 1. The number of ketones is 1. The number of nitrogens with zero attached hydrogens (tertiary/aromatic N) is 3. The lowest BCUT2D eigenvalue weighted by Crippen LogP contribution is -2.29. The van der Waals surface area contributed by atoms with Crippen LogP contribution in [0.5, 0.6) is 11.5 Å². The van der Waals surface area contributed by atoms with Gasteiger partial charge in [-0.15, -0.1) is 10.2 Å². The van der Waals surface area contributed by atoms with Crippen LogP contribution in [0.2, 0.25) is 0 Å². The Kier molecular flexibility index (Phi) is 10.3. The SMILES string of the molecule is CCCCOc1cccc(C2C(=C(O)c3ccc(OCCC)cc3)C(=O)C(=O)N2c2nnc(SCc3ccccc3F)s2)c1. The minimum Gasteiger partial charge on any atom is -0.507 e. The maximum atomic E-state index is 14.2. The summed E-state index contributed by atoms with van der Waals surface area (Å²) in [5, 5.41) is 20.1. The van der Waals surface area contributed by atoms with Gasteiger partial charge in [-0.1, -0.05) is 73.7 Å². The number of aromatic nitrogens is 2. The van der Waals surface area contributed by atoms with Crippen LogP contribution in [-0.2, 0) is 15.3 Å². The van der Waals surface area contributed by atoms with E-state index in [0.29, 0.717) is 51.5 Å². The fourth-order valence-electron chi connectivity index (χ4n) is 4.65. The number of ether oxygens (including phenoxy) is 2. The quantitative estimate of drug-likeness (QED) is 0.0402. The Morgan fingerprint density at radius 2 is 1.73 bits per heavy atom. The van der Waals surface area contributed by atoms with Crippen LogP contribution in [0, 0.1) is 5.82 Å². The number of carbonyl (C=O) groups excluding carboxylic acids is 2. The number of anilines is 1. The minimum atomic E-state index is -0.988. The molecule has 228 valence electrons. The molecule has 1 aliphatic heterocycles. The Labute approximate surface area is 263 Å². The van der Waals surface area contributed by atoms with Gasteiger partial charge in [0.15, 0.2) is 4.34 Å². The Morgan fingerprint density at radius 3 is 2.48 bits per heavy atom. The van der Waals surface area contributed by atoms with Crippen LogP contribution in [0.3, 0.4) is 0 Å². The Morgan fingerprint density at radius 1 is 0.955 bits per heavy atom. The summed E-state index contributed by atoms with van der Waals surface area (Å²) in [4.78, 5) is 28.5. The molecule has 4 aromatic rings. The number of rotatable bonds is 13. The smallest absolute Gasteiger partial charge is 0.301 e. The van der Waals surface area contributed by atoms with E-state index in [1.807, 2.05) is 13.0 Å². The lowest BCUT2D eigenvalue weighted by molar-refractivity contribution is -0.132. The molecule has 1 atom stereocenters. The predicted molar refractivity (Wildman–Crippen MR) is 170 cm³/mol. The van der Waals surface area contributed by atoms with Crippen molar-refractivity contribution in [3.63, 3.8) is 0 Å². The lowest BCUT2D eigenvalue weighted by Gasteiger charge is -2.23. The average molecular weight is 634 g/mol. The monoisotopic (exact) mass is 633 g/mol. The Hall–Kier alpha value is -4.22. The average Bonchev–Trinajstić information content (AvgIpc) is 3.61. The van der Waals surface area contributed by atoms with Gasteiger partial charge in [0.1, 0.15) is 23.1 Å². The number of aliphatic hydroxyl groups is 1. The third-order valence-electron chi connectivity index (χ3n) is 6.90. The van der Waals surface area contributed by atoms with E-state index >= 15 is 0 Å². The van der Waals surface area contributed by atoms with E-state index in [1.54, 1.807) is 60.7 Å². The molecule has 8 nitrogen and oxygen atoms in total. The topological polar surface area (TPSA) is 102 Å². The number of Topliss-reactive ketones (excluding diaryl/α,β-unsaturated/α-hetero) is 1. The molecule has 1 aliphatic rings. The molecule has 0 saturated carbocycles. The van der Waals surface area contributed by atoms with Crippen LogP contribution in [0.25, 0.3) is 5.76 Å². The predicted octanol–water partition coefficient (Wildman–Crippen LogP) is 7.56. The van der Waals surface area contributed by atoms with E-state index in [4.69, 9.17) is 9.47 Å². The molecule has 0 bridgehead atoms. The fourth-order valence-corrected chi connectivity index (χ4v) is 6.51. The molecule has 44 heavy (non-hydrogen) atoms. The van der Waals surface area contributed by atoms with Crippen molar-refractivity contribution in [3.8, 4) is 11.5 Å². The maximum Gasteiger partial charge on any atom is 0.301 e. The van der Waals surface area contributed by atoms with Gasteiger partial charge >= 0.3 is 5.91 Å². The molecule has 1 unspecified atom stereocenters. The van der Waals surface area contributed by atoms with Gasteiger partial charge in [-0.25, -0.2) is 4.39 Å². The number of carbonyl (C=O) groups is 2. The zero-order valence-electron chi connectivity index (χ0n) is 24.4. The summed E-state index contributed by atoms with van der Waals surface area (Å²) in [5.74, 6) is -0.775. The second-order valence-electron chi connectivity index (χ2n) is 10.0. The summed E-state index contributed by atoms with van der Waals surface area (Å²) in [5.41, 5.74) is 1.38. The van der Waals surface area contributed by atoms with Gasteiger partial charge in [0.25, 0.3) is 5.78 Å². The van der Waals surface area contributed by atoms with Gasteiger partial charge in [0.05, 0.1) is 24.8 Å². The molecule has 1 N–H and O–H groups in total. The first-order valence-electron chi connectivity index (χ1n) is 14.4. The van der Waals surface area contributed by atoms with Crippen LogP contribution in [0.1, 0.15) is 55.8 Å². The van der Waals surface area contributed by atoms with Crippen molar-refractivity contribution in [2.75, 3.05) is 18.1 Å². The van der Waals surface area contributed by atoms with Crippen molar-refractivity contribution < 1.29 is 28.6 Å². The van der Waals surface area contributed by atoms with Gasteiger partial charge in [-0.2, -0.15) is 0 Å². The molecule has 1 aromatic heterocycles. The summed E-state index contributed by atoms with van der Waals surface area (Å²) in [6.07, 6.45) is 2.69. The molecular weight excluding hydrogens is 602 g/mol. The van der Waals surface area contributed by atoms with Crippen molar-refractivity contribution in [3.05, 3.63) is 101 Å². The molecule has 0 radical (unpaired) electrons. The molecule has 1 amide bonds. The first kappa shape index (κ1) is 31.2. The van der Waals surface area contributed by atoms with Gasteiger partial charge < -0.3 is 14.6 Å². The first-order chi connectivity index (χ1) is 21.4. The zero-order chi connectivity index (χ0) is 31.1. The molecule has 1 fully saturated rings. The lowest BCUT2D eigenvalue weighted by atomic mass is 9.95. The van der Waals surface area contributed by atoms with E-state index in [0.717, 1.165) is 30.6 Å². The van der Waals surface area contributed by atoms with E-state index in [-0.39, 0.29) is 22.3 Å². The van der Waals surface area contributed by atoms with Crippen molar-refractivity contribution >= 4 is 45.7 Å². The van der Waals surface area contributed by atoms with E-state index < -0.39 is 17.7 Å². The fraction of sp³-hybridized carbons (Fsp3) is 0.273. The number of benzene rings is 3. The third kappa shape index (κ3) is 6.95. The highest BCUT2D eigenvalue weighted by Crippen LogP contribution is 2.44. The summed E-state index contributed by atoms with van der Waals surface area (Å²) < 4.78 is 26.2. The second kappa shape index (κ2) is 14.5. The number of hydrogen-bond donors (Lipinski definition) is 1. The summed E-state index contributed by atoms with van der Waals surface area (Å²) in [6, 6.07) is 19.3. The van der Waals surface area contributed by atoms with Crippen molar-refractivity contribution in [2.45, 2.75) is 49.2 Å². The van der Waals surface area contributed by atoms with E-state index in [1.165, 1.54) is 22.7 Å². The van der Waals surface area contributed by atoms with Gasteiger partial charge in [-0.3, -0.25) is 14.5 Å². The summed E-state index contributed by atoms with van der Waals surface area (Å²) >= 11 is 2.40. The Balaban J connectivity index is 1.52. The van der Waals surface area contributed by atoms with E-state index in [2.05, 4.69) is 17.1 Å². The Bertz CT molecular complexity index is 1660. The number of unbranched alkanes of at least 4 members (excludes halogenated alkanes) is 1. The van der Waals surface area contributed by atoms with Gasteiger partial charge in [-0.05, 0) is 66.4 Å². The first-order valence-corrected chi connectivity index (χ1v) is 16.2. The molecule has 2 heterocycles. The zero-order valence-corrected chi connectivity index (χ0v) is 26.0. The summed E-state index contributed by atoms with van der Waals surface area (Å²) in [6.45, 7) is 5.15. The van der Waals surface area contributed by atoms with Crippen LogP contribution in [0.4, 0.5) is 9.52 Å². The number of hydrogen-bond acceptors (Lipinski definition) is 9. The van der Waals surface area contributed by atoms with Crippen molar-refractivity contribution in [2.24, 2.45) is 0 Å². The molecular formula is C33H32FN3O5S2. The third-order valence-corrected chi connectivity index (χ3v) is 9.00. The molecule has 0 spiro atoms. The van der Waals surface area contributed by atoms with Crippen molar-refractivity contribution in [1.29, 1.82) is 0 Å². The molecule has 3 aromatic carbocycles. The number of thioether (sulfide) groups is 1. The highest BCUT2D eigenvalue weighted by molar-refractivity contribution is 8.00. The normalized spacial score (nSPS) is 16.0. The second-order valence-corrected chi connectivity index (χ2v) is 12.2. The standard InChI is InChI=1S/C33H32FN3O5S2/c1-3-5-18-42-25-11-8-10-22(19-25)28-27(29(38)21-13-15-24(16-14-21)41-17-4-2)30(39)31(40)37(28)32-35-36-33(44-32)43-20-23-9-6-7-12-26(23)34/h6-16,19,28,38H,3-5,17-18,20H2,1-2H3. The van der Waals surface area contributed by atoms with Crippen LogP contribution in [0.15, 0.2) is 82.7 Å². The van der Waals surface area contributed by atoms with Crippen molar-refractivity contribution in [1.82, 2.24) is 10.2 Å². The number of halogens is 1. The van der Waals surface area contributed by atoms with Gasteiger partial charge in [0, 0.05) is 11.3 Å². The molecule has 5 rings (SSSR count). The summed E-state index contributed by atoms with van der Waals surface area (Å²) in [7, 11) is 0. The highest BCUT2D eigenvalue weighted by Gasteiger charge is 2.48. The molecule has 11 heteroatoms. The van der Waals surface area contributed by atoms with Crippen LogP contribution < -0.4 is 14.4 Å². The van der Waals surface area contributed by atoms with E-state index in [9.17, 15) is 19.1 Å². The van der Waals surface area contributed by atoms with Crippen LogP contribution >= 0.6 is 23.1 Å². The largest absolute Gasteiger partial charge is 0.507 e. The van der Waals surface area contributed by atoms with Gasteiger partial charge in [0.2, 0.25) is 5.13 Å². The molecule has 0 aliphatic carbocycles. The van der Waals surface area contributed by atoms with Crippen LogP contribution in [-0.4, -0.2) is 40.2 Å².